The van der Waals surface area contributed by atoms with Gasteiger partial charge in [0, 0.05) is 0 Å². The Morgan fingerprint density at radius 2 is 1.57 bits per heavy atom. The van der Waals surface area contributed by atoms with Gasteiger partial charge in [-0.25, -0.2) is 0 Å². The lowest BCUT2D eigenvalue weighted by molar-refractivity contribution is 0.730. The Morgan fingerprint density at radius 3 is 2.00 bits per heavy atom. The predicted molar refractivity (Wildman–Crippen MR) is 68.7 cm³/mol. The van der Waals surface area contributed by atoms with Crippen molar-refractivity contribution >= 4 is 0 Å². The van der Waals surface area contributed by atoms with Crippen molar-refractivity contribution in [2.24, 2.45) is 0 Å². The van der Waals surface area contributed by atoms with Gasteiger partial charge in [-0.1, -0.05) is 57.8 Å². The lowest BCUT2D eigenvalue weighted by Gasteiger charge is -1.87. The van der Waals surface area contributed by atoms with E-state index in [9.17, 15) is 0 Å². The first kappa shape index (κ1) is 15.9. The molecule has 0 aliphatic rings. The Labute approximate surface area is 91.1 Å². The molecule has 0 spiro atoms. The molecule has 0 N–H and O–H groups in total. The van der Waals surface area contributed by atoms with E-state index in [1.807, 2.05) is 6.08 Å². The van der Waals surface area contributed by atoms with Crippen LogP contribution in [0, 0.1) is 0 Å². The summed E-state index contributed by atoms with van der Waals surface area (Å²) in [4.78, 5) is 0. The molecule has 0 saturated carbocycles. The first-order valence-corrected chi connectivity index (χ1v) is 6.05. The van der Waals surface area contributed by atoms with Crippen molar-refractivity contribution in [3.63, 3.8) is 0 Å². The molecule has 0 bridgehead atoms. The molecule has 0 aromatic carbocycles. The lowest BCUT2D eigenvalue weighted by atomic mass is 10.2. The summed E-state index contributed by atoms with van der Waals surface area (Å²) in [6, 6.07) is 0. The van der Waals surface area contributed by atoms with Crippen molar-refractivity contribution in [1.82, 2.24) is 0 Å². The summed E-state index contributed by atoms with van der Waals surface area (Å²) in [5.41, 5.74) is 0. The van der Waals surface area contributed by atoms with Crippen LogP contribution in [0.1, 0.15) is 65.7 Å². The highest BCUT2D eigenvalue weighted by Crippen LogP contribution is 1.97. The number of hydrogen-bond acceptors (Lipinski definition) is 0. The van der Waals surface area contributed by atoms with E-state index < -0.39 is 0 Å². The van der Waals surface area contributed by atoms with Gasteiger partial charge in [0.05, 0.1) is 0 Å². The largest absolute Gasteiger partial charge is 0.103 e. The standard InChI is InChI=1S/2C7H14/c2*1-3-5-7-6-4-2/h3,5H,4,6-7H2,1-2H3;3H,1,4-7H2,2H3. The molecule has 0 aliphatic heterocycles. The summed E-state index contributed by atoms with van der Waals surface area (Å²) in [6.45, 7) is 10.1. The fourth-order valence-corrected chi connectivity index (χ4v) is 1.03. The highest BCUT2D eigenvalue weighted by Gasteiger charge is 1.77. The van der Waals surface area contributed by atoms with Crippen molar-refractivity contribution in [1.29, 1.82) is 0 Å². The third-order valence-electron chi connectivity index (χ3n) is 1.97. The molecule has 0 heterocycles. The Morgan fingerprint density at radius 1 is 0.929 bits per heavy atom. The zero-order valence-corrected chi connectivity index (χ0v) is 10.4. The Hall–Kier alpha value is -0.520. The summed E-state index contributed by atoms with van der Waals surface area (Å²) < 4.78 is 0. The highest BCUT2D eigenvalue weighted by molar-refractivity contribution is 4.75. The van der Waals surface area contributed by atoms with Crippen LogP contribution in [0.25, 0.3) is 0 Å². The quantitative estimate of drug-likeness (QED) is 0.372. The molecule has 0 unspecified atom stereocenters. The maximum Gasteiger partial charge on any atom is -0.0351 e. The summed E-state index contributed by atoms with van der Waals surface area (Å²) in [6.07, 6.45) is 15.4. The molecular weight excluding hydrogens is 168 g/mol. The van der Waals surface area contributed by atoms with Crippen molar-refractivity contribution < 1.29 is 0 Å². The van der Waals surface area contributed by atoms with Gasteiger partial charge in [0.15, 0.2) is 0 Å². The summed E-state index contributed by atoms with van der Waals surface area (Å²) >= 11 is 0. The minimum atomic E-state index is 1.19. The molecule has 0 nitrogen and oxygen atoms in total. The molecule has 0 aliphatic carbocycles. The average molecular weight is 196 g/mol. The second kappa shape index (κ2) is 18.3. The number of allylic oxidation sites excluding steroid dienone is 3. The van der Waals surface area contributed by atoms with Crippen LogP contribution in [0.15, 0.2) is 24.8 Å². The van der Waals surface area contributed by atoms with Gasteiger partial charge in [-0.3, -0.25) is 0 Å². The second-order valence-electron chi connectivity index (χ2n) is 3.50. The van der Waals surface area contributed by atoms with Crippen LogP contribution < -0.4 is 0 Å². The molecule has 0 radical (unpaired) electrons. The van der Waals surface area contributed by atoms with E-state index in [1.54, 1.807) is 0 Å². The van der Waals surface area contributed by atoms with Gasteiger partial charge in [0.2, 0.25) is 0 Å². The molecule has 0 amide bonds. The normalized spacial score (nSPS) is 9.64. The van der Waals surface area contributed by atoms with Crippen LogP contribution in [-0.4, -0.2) is 0 Å². The second-order valence-corrected chi connectivity index (χ2v) is 3.50. The molecular formula is C14H28. The summed E-state index contributed by atoms with van der Waals surface area (Å²) in [5.74, 6) is 0. The van der Waals surface area contributed by atoms with Crippen molar-refractivity contribution in [2.75, 3.05) is 0 Å². The van der Waals surface area contributed by atoms with Crippen LogP contribution in [0.3, 0.4) is 0 Å². The summed E-state index contributed by atoms with van der Waals surface area (Å²) in [7, 11) is 0. The molecule has 0 aromatic rings. The molecule has 14 heavy (non-hydrogen) atoms. The molecule has 0 saturated heterocycles. The molecule has 0 aromatic heterocycles. The van der Waals surface area contributed by atoms with Crippen LogP contribution >= 0.6 is 0 Å². The van der Waals surface area contributed by atoms with E-state index in [0.29, 0.717) is 0 Å². The van der Waals surface area contributed by atoms with Gasteiger partial charge < -0.3 is 0 Å². The number of rotatable bonds is 7. The molecule has 0 heteroatoms. The Balaban J connectivity index is 0. The van der Waals surface area contributed by atoms with E-state index in [-0.39, 0.29) is 0 Å². The van der Waals surface area contributed by atoms with Gasteiger partial charge in [-0.2, -0.15) is 0 Å². The fraction of sp³-hybridized carbons (Fsp3) is 0.714. The molecule has 84 valence electrons. The minimum absolute atomic E-state index is 1.19. The van der Waals surface area contributed by atoms with Crippen LogP contribution in [-0.2, 0) is 0 Å². The third kappa shape index (κ3) is 22.5. The van der Waals surface area contributed by atoms with Gasteiger partial charge in [-0.15, -0.1) is 6.58 Å². The van der Waals surface area contributed by atoms with Crippen molar-refractivity contribution in [3.8, 4) is 0 Å². The zero-order chi connectivity index (χ0) is 11.1. The highest BCUT2D eigenvalue weighted by atomic mass is 13.8. The first-order valence-electron chi connectivity index (χ1n) is 6.05. The Bertz CT molecular complexity index is 111. The van der Waals surface area contributed by atoms with Crippen LogP contribution in [0.5, 0.6) is 0 Å². The van der Waals surface area contributed by atoms with Crippen molar-refractivity contribution in [2.45, 2.75) is 65.7 Å². The number of unbranched alkanes of at least 4 members (excludes halogenated alkanes) is 5. The SMILES string of the molecule is C=CCCCCC.CC=CCCCC. The topological polar surface area (TPSA) is 0 Å². The number of hydrogen-bond donors (Lipinski definition) is 0. The van der Waals surface area contributed by atoms with Gasteiger partial charge in [0.1, 0.15) is 0 Å². The minimum Gasteiger partial charge on any atom is -0.103 e. The van der Waals surface area contributed by atoms with Gasteiger partial charge >= 0.3 is 0 Å². The fourth-order valence-electron chi connectivity index (χ4n) is 1.03. The molecule has 0 fully saturated rings. The Kier molecular flexibility index (Phi) is 20.8. The van der Waals surface area contributed by atoms with Gasteiger partial charge in [0.25, 0.3) is 0 Å². The maximum absolute atomic E-state index is 3.63. The van der Waals surface area contributed by atoms with E-state index in [0.717, 1.165) is 0 Å². The van der Waals surface area contributed by atoms with E-state index in [1.165, 1.54) is 44.9 Å². The smallest absolute Gasteiger partial charge is 0.0351 e. The van der Waals surface area contributed by atoms with Crippen LogP contribution in [0.4, 0.5) is 0 Å². The maximum atomic E-state index is 3.63. The first-order chi connectivity index (χ1) is 6.83. The molecule has 0 rings (SSSR count). The van der Waals surface area contributed by atoms with E-state index in [2.05, 4.69) is 39.5 Å². The average Bonchev–Trinajstić information content (AvgIpc) is 2.21. The van der Waals surface area contributed by atoms with Gasteiger partial charge in [-0.05, 0) is 26.2 Å². The zero-order valence-electron chi connectivity index (χ0n) is 10.4. The van der Waals surface area contributed by atoms with Crippen molar-refractivity contribution in [3.05, 3.63) is 24.8 Å². The molecule has 0 atom stereocenters. The monoisotopic (exact) mass is 196 g/mol. The van der Waals surface area contributed by atoms with E-state index >= 15 is 0 Å². The van der Waals surface area contributed by atoms with E-state index in [4.69, 9.17) is 0 Å². The predicted octanol–water partition coefficient (Wildman–Crippen LogP) is 5.51. The third-order valence-corrected chi connectivity index (χ3v) is 1.97. The van der Waals surface area contributed by atoms with Crippen LogP contribution in [0.2, 0.25) is 0 Å². The summed E-state index contributed by atoms with van der Waals surface area (Å²) in [5, 5.41) is 0. The lowest BCUT2D eigenvalue weighted by Crippen LogP contribution is -1.67.